The number of nitrogens with zero attached hydrogens (tertiary/aromatic N) is 3. The van der Waals surface area contributed by atoms with Gasteiger partial charge in [0, 0.05) is 42.7 Å². The lowest BCUT2D eigenvalue weighted by atomic mass is 9.99. The molecule has 6 heteroatoms. The first-order valence-corrected chi connectivity index (χ1v) is 14.7. The van der Waals surface area contributed by atoms with E-state index < -0.39 is 0 Å². The molecule has 3 aliphatic rings. The molecular formula is C31H37N3O2S. The zero-order valence-electron chi connectivity index (χ0n) is 22.0. The summed E-state index contributed by atoms with van der Waals surface area (Å²) in [7, 11) is 0. The van der Waals surface area contributed by atoms with Gasteiger partial charge in [0.25, 0.3) is 5.91 Å². The SMILES string of the molecule is Cc1ccc(OCc2ccc(C(=O)N3CCCCC3)cc2C)c(-c2csc(N3CC4CCC(C4)C3)n2)c1. The van der Waals surface area contributed by atoms with Crippen LogP contribution in [-0.2, 0) is 6.61 Å². The highest BCUT2D eigenvalue weighted by Crippen LogP contribution is 2.40. The number of anilines is 1. The minimum Gasteiger partial charge on any atom is -0.488 e. The van der Waals surface area contributed by atoms with Gasteiger partial charge in [-0.25, -0.2) is 4.98 Å². The van der Waals surface area contributed by atoms with Crippen LogP contribution in [0.5, 0.6) is 5.75 Å². The van der Waals surface area contributed by atoms with E-state index in [0.29, 0.717) is 6.61 Å². The number of hydrogen-bond donors (Lipinski definition) is 0. The lowest BCUT2D eigenvalue weighted by Gasteiger charge is -2.31. The van der Waals surface area contributed by atoms with Crippen molar-refractivity contribution in [1.82, 2.24) is 9.88 Å². The van der Waals surface area contributed by atoms with Crippen LogP contribution in [0.15, 0.2) is 41.8 Å². The molecule has 3 fully saturated rings. The molecule has 0 N–H and O–H groups in total. The number of hydrogen-bond acceptors (Lipinski definition) is 5. The first-order valence-electron chi connectivity index (χ1n) is 13.9. The van der Waals surface area contributed by atoms with E-state index >= 15 is 0 Å². The first kappa shape index (κ1) is 24.5. The molecule has 2 saturated heterocycles. The summed E-state index contributed by atoms with van der Waals surface area (Å²) in [6.45, 7) is 8.69. The predicted molar refractivity (Wildman–Crippen MR) is 151 cm³/mol. The summed E-state index contributed by atoms with van der Waals surface area (Å²) < 4.78 is 6.38. The van der Waals surface area contributed by atoms with Crippen molar-refractivity contribution in [2.24, 2.45) is 11.8 Å². The van der Waals surface area contributed by atoms with E-state index in [-0.39, 0.29) is 5.91 Å². The van der Waals surface area contributed by atoms with E-state index in [9.17, 15) is 4.79 Å². The van der Waals surface area contributed by atoms with Crippen molar-refractivity contribution in [3.63, 3.8) is 0 Å². The molecule has 1 aromatic heterocycles. The van der Waals surface area contributed by atoms with Crippen LogP contribution in [0.4, 0.5) is 5.13 Å². The molecule has 194 valence electrons. The van der Waals surface area contributed by atoms with Gasteiger partial charge in [0.2, 0.25) is 0 Å². The Balaban J connectivity index is 1.17. The minimum atomic E-state index is 0.150. The Morgan fingerprint density at radius 2 is 1.81 bits per heavy atom. The van der Waals surface area contributed by atoms with Gasteiger partial charge < -0.3 is 14.5 Å². The quantitative estimate of drug-likeness (QED) is 0.359. The van der Waals surface area contributed by atoms with Crippen molar-refractivity contribution >= 4 is 22.4 Å². The fraction of sp³-hybridized carbons (Fsp3) is 0.484. The Labute approximate surface area is 224 Å². The third-order valence-electron chi connectivity index (χ3n) is 8.40. The summed E-state index contributed by atoms with van der Waals surface area (Å²) in [6, 6.07) is 12.4. The van der Waals surface area contributed by atoms with Crippen LogP contribution in [0, 0.1) is 25.7 Å². The van der Waals surface area contributed by atoms with Crippen LogP contribution in [0.25, 0.3) is 11.3 Å². The second kappa shape index (κ2) is 10.5. The summed E-state index contributed by atoms with van der Waals surface area (Å²) in [5.41, 5.74) is 6.22. The second-order valence-corrected chi connectivity index (χ2v) is 12.1. The maximum atomic E-state index is 12.9. The van der Waals surface area contributed by atoms with E-state index in [1.807, 2.05) is 23.1 Å². The molecule has 3 heterocycles. The van der Waals surface area contributed by atoms with Crippen LogP contribution >= 0.6 is 11.3 Å². The van der Waals surface area contributed by atoms with Crippen LogP contribution < -0.4 is 9.64 Å². The van der Waals surface area contributed by atoms with Gasteiger partial charge in [0.15, 0.2) is 5.13 Å². The number of thiazole rings is 1. The zero-order chi connectivity index (χ0) is 25.4. The maximum Gasteiger partial charge on any atom is 0.253 e. The molecule has 1 amide bonds. The molecule has 2 aliphatic heterocycles. The normalized spacial score (nSPS) is 21.4. The molecule has 2 bridgehead atoms. The van der Waals surface area contributed by atoms with Crippen molar-refractivity contribution in [1.29, 1.82) is 0 Å². The van der Waals surface area contributed by atoms with E-state index in [1.165, 1.54) is 31.2 Å². The fourth-order valence-corrected chi connectivity index (χ4v) is 7.14. The van der Waals surface area contributed by atoms with Crippen LogP contribution in [-0.4, -0.2) is 42.0 Å². The number of aryl methyl sites for hydroxylation is 2. The van der Waals surface area contributed by atoms with E-state index in [1.54, 1.807) is 11.3 Å². The van der Waals surface area contributed by atoms with E-state index in [4.69, 9.17) is 9.72 Å². The summed E-state index contributed by atoms with van der Waals surface area (Å²) in [4.78, 5) is 22.5. The van der Waals surface area contributed by atoms with Gasteiger partial charge in [-0.15, -0.1) is 11.3 Å². The number of carbonyl (C=O) groups excluding carboxylic acids is 1. The monoisotopic (exact) mass is 515 g/mol. The van der Waals surface area contributed by atoms with Crippen LogP contribution in [0.3, 0.4) is 0 Å². The van der Waals surface area contributed by atoms with Crippen molar-refractivity contribution in [2.75, 3.05) is 31.1 Å². The molecule has 1 saturated carbocycles. The minimum absolute atomic E-state index is 0.150. The third-order valence-corrected chi connectivity index (χ3v) is 9.30. The van der Waals surface area contributed by atoms with E-state index in [2.05, 4.69) is 42.3 Å². The molecule has 2 aromatic carbocycles. The summed E-state index contributed by atoms with van der Waals surface area (Å²) >= 11 is 1.75. The van der Waals surface area contributed by atoms with Gasteiger partial charge >= 0.3 is 0 Å². The number of piperidine rings is 2. The van der Waals surface area contributed by atoms with Crippen LogP contribution in [0.1, 0.15) is 65.6 Å². The molecular weight excluding hydrogens is 478 g/mol. The highest BCUT2D eigenvalue weighted by molar-refractivity contribution is 7.14. The lowest BCUT2D eigenvalue weighted by Crippen LogP contribution is -2.36. The highest BCUT2D eigenvalue weighted by Gasteiger charge is 2.34. The average molecular weight is 516 g/mol. The molecule has 5 nitrogen and oxygen atoms in total. The molecule has 0 spiro atoms. The van der Waals surface area contributed by atoms with E-state index in [0.717, 1.165) is 89.7 Å². The first-order chi connectivity index (χ1) is 18.0. The highest BCUT2D eigenvalue weighted by atomic mass is 32.1. The fourth-order valence-electron chi connectivity index (χ4n) is 6.29. The summed E-state index contributed by atoms with van der Waals surface area (Å²) in [5.74, 6) is 2.69. The van der Waals surface area contributed by atoms with Crippen molar-refractivity contribution in [3.05, 3.63) is 64.0 Å². The Kier molecular flexibility index (Phi) is 6.94. The standard InChI is InChI=1S/C31H37N3O2S/c1-21-6-11-29(27(14-21)28-20-37-31(32-28)34-17-23-7-8-24(16-23)18-34)36-19-26-10-9-25(15-22(26)2)30(35)33-12-4-3-5-13-33/h6,9-11,14-15,20,23-24H,3-5,7-8,12-13,16-19H2,1-2H3. The van der Waals surface area contributed by atoms with Gasteiger partial charge in [-0.3, -0.25) is 4.79 Å². The van der Waals surface area contributed by atoms with Gasteiger partial charge in [0.1, 0.15) is 12.4 Å². The van der Waals surface area contributed by atoms with Crippen molar-refractivity contribution in [3.8, 4) is 17.0 Å². The summed E-state index contributed by atoms with van der Waals surface area (Å²) in [6.07, 6.45) is 7.59. The molecule has 1 aliphatic carbocycles. The Morgan fingerprint density at radius 1 is 1.03 bits per heavy atom. The molecule has 6 rings (SSSR count). The number of aromatic nitrogens is 1. The molecule has 2 unspecified atom stereocenters. The van der Waals surface area contributed by atoms with Gasteiger partial charge in [0.05, 0.1) is 5.69 Å². The smallest absolute Gasteiger partial charge is 0.253 e. The number of fused-ring (bicyclic) bond motifs is 2. The Morgan fingerprint density at radius 3 is 2.57 bits per heavy atom. The van der Waals surface area contributed by atoms with Gasteiger partial charge in [-0.1, -0.05) is 17.7 Å². The third kappa shape index (κ3) is 5.26. The zero-order valence-corrected chi connectivity index (χ0v) is 22.9. The largest absolute Gasteiger partial charge is 0.488 e. The number of amides is 1. The van der Waals surface area contributed by atoms with Crippen molar-refractivity contribution in [2.45, 2.75) is 59.0 Å². The van der Waals surface area contributed by atoms with Gasteiger partial charge in [-0.2, -0.15) is 0 Å². The molecule has 37 heavy (non-hydrogen) atoms. The second-order valence-electron chi connectivity index (χ2n) is 11.2. The maximum absolute atomic E-state index is 12.9. The van der Waals surface area contributed by atoms with Crippen molar-refractivity contribution < 1.29 is 9.53 Å². The number of benzene rings is 2. The molecule has 0 radical (unpaired) electrons. The number of rotatable bonds is 6. The molecule has 2 atom stereocenters. The summed E-state index contributed by atoms with van der Waals surface area (Å²) in [5, 5.41) is 3.32. The molecule has 3 aromatic rings. The number of carbonyl (C=O) groups is 1. The topological polar surface area (TPSA) is 45.7 Å². The number of likely N-dealkylation sites (tertiary alicyclic amines) is 1. The number of ether oxygens (including phenoxy) is 1. The Hall–Kier alpha value is -2.86. The van der Waals surface area contributed by atoms with Gasteiger partial charge in [-0.05, 0) is 99.6 Å². The Bertz CT molecular complexity index is 1270. The van der Waals surface area contributed by atoms with Crippen LogP contribution in [0.2, 0.25) is 0 Å². The lowest BCUT2D eigenvalue weighted by molar-refractivity contribution is 0.0724. The average Bonchev–Trinajstić information content (AvgIpc) is 3.55. The predicted octanol–water partition coefficient (Wildman–Crippen LogP) is 6.87.